The predicted octanol–water partition coefficient (Wildman–Crippen LogP) is 4.18. The standard InChI is InChI=1S/C24H28N4O2S/c1-2-22-6-7-23(31-22)18-25-17-20-15-21(28-10-13-29-14-11-28)16-24(27-20)30-12-8-19-5-3-4-9-26-19/h3-7,9,15-17H,2,8,10-14,18H2,1H3. The molecule has 0 aromatic carbocycles. The maximum atomic E-state index is 6.00. The van der Waals surface area contributed by atoms with E-state index in [-0.39, 0.29) is 0 Å². The molecule has 0 atom stereocenters. The molecule has 31 heavy (non-hydrogen) atoms. The Morgan fingerprint density at radius 3 is 2.81 bits per heavy atom. The molecule has 1 aliphatic heterocycles. The van der Waals surface area contributed by atoms with E-state index in [0.29, 0.717) is 19.0 Å². The number of nitrogens with zero attached hydrogens (tertiary/aromatic N) is 4. The summed E-state index contributed by atoms with van der Waals surface area (Å²) >= 11 is 1.82. The van der Waals surface area contributed by atoms with Crippen LogP contribution in [-0.2, 0) is 24.1 Å². The van der Waals surface area contributed by atoms with Gasteiger partial charge in [0, 0.05) is 59.1 Å². The largest absolute Gasteiger partial charge is 0.477 e. The van der Waals surface area contributed by atoms with Crippen molar-refractivity contribution in [2.75, 3.05) is 37.8 Å². The number of thiophene rings is 1. The lowest BCUT2D eigenvalue weighted by Gasteiger charge is -2.29. The molecule has 4 rings (SSSR count). The van der Waals surface area contributed by atoms with Gasteiger partial charge in [0.2, 0.25) is 5.88 Å². The van der Waals surface area contributed by atoms with Crippen molar-refractivity contribution >= 4 is 23.2 Å². The smallest absolute Gasteiger partial charge is 0.215 e. The van der Waals surface area contributed by atoms with Crippen LogP contribution in [0.2, 0.25) is 0 Å². The Morgan fingerprint density at radius 2 is 2.03 bits per heavy atom. The van der Waals surface area contributed by atoms with Crippen LogP contribution in [0, 0.1) is 0 Å². The van der Waals surface area contributed by atoms with Crippen LogP contribution in [0.25, 0.3) is 0 Å². The molecule has 0 spiro atoms. The molecule has 4 heterocycles. The van der Waals surface area contributed by atoms with Gasteiger partial charge in [0.15, 0.2) is 0 Å². The number of ether oxygens (including phenoxy) is 2. The molecule has 1 fully saturated rings. The summed E-state index contributed by atoms with van der Waals surface area (Å²) in [5, 5.41) is 0. The molecule has 7 heteroatoms. The fraction of sp³-hybridized carbons (Fsp3) is 0.375. The van der Waals surface area contributed by atoms with Crippen molar-refractivity contribution < 1.29 is 9.47 Å². The first-order valence-corrected chi connectivity index (χ1v) is 11.6. The van der Waals surface area contributed by atoms with Gasteiger partial charge < -0.3 is 14.4 Å². The minimum atomic E-state index is 0.530. The van der Waals surface area contributed by atoms with Crippen LogP contribution in [0.4, 0.5) is 5.69 Å². The highest BCUT2D eigenvalue weighted by Crippen LogP contribution is 2.22. The van der Waals surface area contributed by atoms with Crippen LogP contribution < -0.4 is 9.64 Å². The third-order valence-electron chi connectivity index (χ3n) is 5.05. The average Bonchev–Trinajstić information content (AvgIpc) is 3.28. The third-order valence-corrected chi connectivity index (χ3v) is 6.27. The number of aliphatic imine (C=N–C) groups is 1. The molecule has 0 radical (unpaired) electrons. The van der Waals surface area contributed by atoms with E-state index in [1.165, 1.54) is 9.75 Å². The fourth-order valence-corrected chi connectivity index (χ4v) is 4.28. The molecule has 6 nitrogen and oxygen atoms in total. The lowest BCUT2D eigenvalue weighted by atomic mass is 10.2. The summed E-state index contributed by atoms with van der Waals surface area (Å²) in [7, 11) is 0. The summed E-state index contributed by atoms with van der Waals surface area (Å²) in [5.74, 6) is 0.616. The van der Waals surface area contributed by atoms with E-state index in [4.69, 9.17) is 9.47 Å². The number of aryl methyl sites for hydroxylation is 1. The molecule has 0 unspecified atom stereocenters. The van der Waals surface area contributed by atoms with Crippen molar-refractivity contribution in [1.29, 1.82) is 0 Å². The summed E-state index contributed by atoms with van der Waals surface area (Å²) in [6, 6.07) is 14.3. The molecule has 3 aromatic rings. The molecule has 162 valence electrons. The second-order valence-electron chi connectivity index (χ2n) is 7.30. The number of aromatic nitrogens is 2. The summed E-state index contributed by atoms with van der Waals surface area (Å²) in [6.07, 6.45) is 5.46. The Balaban J connectivity index is 1.46. The van der Waals surface area contributed by atoms with Gasteiger partial charge in [0.05, 0.1) is 32.1 Å². The molecule has 0 amide bonds. The summed E-state index contributed by atoms with van der Waals surface area (Å²) in [5.41, 5.74) is 2.91. The van der Waals surface area contributed by atoms with Gasteiger partial charge in [0.1, 0.15) is 0 Å². The highest BCUT2D eigenvalue weighted by atomic mass is 32.1. The Morgan fingerprint density at radius 1 is 1.16 bits per heavy atom. The van der Waals surface area contributed by atoms with E-state index in [1.54, 1.807) is 6.20 Å². The van der Waals surface area contributed by atoms with Crippen LogP contribution in [0.15, 0.2) is 53.7 Å². The van der Waals surface area contributed by atoms with Gasteiger partial charge in [-0.3, -0.25) is 9.98 Å². The number of morpholine rings is 1. The Hall–Kier alpha value is -2.77. The van der Waals surface area contributed by atoms with E-state index >= 15 is 0 Å². The maximum Gasteiger partial charge on any atom is 0.215 e. The van der Waals surface area contributed by atoms with Crippen molar-refractivity contribution in [1.82, 2.24) is 9.97 Å². The van der Waals surface area contributed by atoms with Crippen molar-refractivity contribution in [3.05, 3.63) is 69.8 Å². The van der Waals surface area contributed by atoms with Crippen LogP contribution in [0.5, 0.6) is 5.88 Å². The highest BCUT2D eigenvalue weighted by Gasteiger charge is 2.14. The molecule has 0 saturated carbocycles. The van der Waals surface area contributed by atoms with Gasteiger partial charge >= 0.3 is 0 Å². The van der Waals surface area contributed by atoms with E-state index in [9.17, 15) is 0 Å². The molecule has 0 aliphatic carbocycles. The van der Waals surface area contributed by atoms with Gasteiger partial charge in [-0.2, -0.15) is 0 Å². The Bertz CT molecular complexity index is 984. The summed E-state index contributed by atoms with van der Waals surface area (Å²) in [6.45, 7) is 6.58. The maximum absolute atomic E-state index is 6.00. The topological polar surface area (TPSA) is 59.8 Å². The van der Waals surface area contributed by atoms with E-state index in [0.717, 1.165) is 56.2 Å². The van der Waals surface area contributed by atoms with Gasteiger partial charge in [0.25, 0.3) is 0 Å². The number of rotatable bonds is 9. The number of hydrogen-bond donors (Lipinski definition) is 0. The molecule has 0 bridgehead atoms. The SMILES string of the molecule is CCc1ccc(CN=Cc2cc(N3CCOCC3)cc(OCCc3ccccn3)n2)s1. The average molecular weight is 437 g/mol. The first-order chi connectivity index (χ1) is 15.3. The lowest BCUT2D eigenvalue weighted by Crippen LogP contribution is -2.36. The van der Waals surface area contributed by atoms with Gasteiger partial charge in [-0.15, -0.1) is 11.3 Å². The van der Waals surface area contributed by atoms with Crippen LogP contribution in [0.1, 0.15) is 28.1 Å². The zero-order valence-corrected chi connectivity index (χ0v) is 18.7. The van der Waals surface area contributed by atoms with Crippen LogP contribution in [0.3, 0.4) is 0 Å². The van der Waals surface area contributed by atoms with Gasteiger partial charge in [-0.05, 0) is 36.8 Å². The van der Waals surface area contributed by atoms with Crippen LogP contribution in [-0.4, -0.2) is 49.1 Å². The predicted molar refractivity (Wildman–Crippen MR) is 126 cm³/mol. The number of pyridine rings is 2. The summed E-state index contributed by atoms with van der Waals surface area (Å²) in [4.78, 5) is 18.6. The van der Waals surface area contributed by atoms with Crippen molar-refractivity contribution in [2.24, 2.45) is 4.99 Å². The number of hydrogen-bond acceptors (Lipinski definition) is 7. The highest BCUT2D eigenvalue weighted by molar-refractivity contribution is 7.11. The number of anilines is 1. The zero-order chi connectivity index (χ0) is 21.3. The zero-order valence-electron chi connectivity index (χ0n) is 17.9. The normalized spacial score (nSPS) is 14.3. The van der Waals surface area contributed by atoms with Crippen molar-refractivity contribution in [2.45, 2.75) is 26.3 Å². The van der Waals surface area contributed by atoms with Gasteiger partial charge in [-0.25, -0.2) is 4.98 Å². The first kappa shape index (κ1) is 21.5. The third kappa shape index (κ3) is 6.35. The molecule has 1 saturated heterocycles. The lowest BCUT2D eigenvalue weighted by molar-refractivity contribution is 0.122. The molecular formula is C24H28N4O2S. The van der Waals surface area contributed by atoms with Gasteiger partial charge in [-0.1, -0.05) is 13.0 Å². The Kier molecular flexibility index (Phi) is 7.63. The van der Waals surface area contributed by atoms with E-state index in [1.807, 2.05) is 41.8 Å². The van der Waals surface area contributed by atoms with E-state index < -0.39 is 0 Å². The van der Waals surface area contributed by atoms with Crippen molar-refractivity contribution in [3.8, 4) is 5.88 Å². The molecule has 1 aliphatic rings. The van der Waals surface area contributed by atoms with E-state index in [2.05, 4.69) is 45.0 Å². The minimum absolute atomic E-state index is 0.530. The first-order valence-electron chi connectivity index (χ1n) is 10.7. The second-order valence-corrected chi connectivity index (χ2v) is 8.55. The molecule has 0 N–H and O–H groups in total. The molecule has 3 aromatic heterocycles. The monoisotopic (exact) mass is 436 g/mol. The fourth-order valence-electron chi connectivity index (χ4n) is 3.39. The Labute approximate surface area is 187 Å². The molecular weight excluding hydrogens is 408 g/mol. The summed E-state index contributed by atoms with van der Waals surface area (Å²) < 4.78 is 11.5. The van der Waals surface area contributed by atoms with Crippen LogP contribution >= 0.6 is 11.3 Å². The second kappa shape index (κ2) is 11.0. The van der Waals surface area contributed by atoms with Crippen molar-refractivity contribution in [3.63, 3.8) is 0 Å². The minimum Gasteiger partial charge on any atom is -0.477 e. The quantitative estimate of drug-likeness (QED) is 0.471.